The van der Waals surface area contributed by atoms with Gasteiger partial charge >= 0.3 is 24.0 Å². The largest absolute Gasteiger partial charge is 0.463 e. The fraction of sp³-hybridized carbons (Fsp3) is 0.535. The van der Waals surface area contributed by atoms with Gasteiger partial charge in [-0.15, -0.1) is 0 Å². The molecule has 2 aromatic rings. The molecule has 0 spiro atoms. The Bertz CT molecular complexity index is 1980. The minimum absolute atomic E-state index is 0.0241. The summed E-state index contributed by atoms with van der Waals surface area (Å²) in [6.07, 6.45) is -7.37. The van der Waals surface area contributed by atoms with E-state index in [4.69, 9.17) is 34.2 Å². The summed E-state index contributed by atoms with van der Waals surface area (Å²) in [5.41, 5.74) is 9.73. The third-order valence-electron chi connectivity index (χ3n) is 10.9. The number of nitrogens with one attached hydrogen (secondary N) is 3. The van der Waals surface area contributed by atoms with Crippen LogP contribution in [0.2, 0.25) is 0 Å². The molecule has 336 valence electrons. The number of hydrogen-bond donors (Lipinski definition) is 4. The average molecular weight is 866 g/mol. The Labute approximate surface area is 359 Å². The van der Waals surface area contributed by atoms with E-state index in [-0.39, 0.29) is 25.5 Å². The van der Waals surface area contributed by atoms with Gasteiger partial charge in [-0.2, -0.15) is 0 Å². The molecule has 2 aliphatic heterocycles. The molecule has 19 nitrogen and oxygen atoms in total. The number of carbonyl (C=O) groups excluding carboxylic acids is 8. The smallest absolute Gasteiger partial charge is 0.407 e. The molecular formula is C43H55N5O14. The lowest BCUT2D eigenvalue weighted by Gasteiger charge is -2.46. The number of ether oxygens (including phenoxy) is 6. The monoisotopic (exact) mass is 865 g/mol. The molecule has 5 rings (SSSR count). The molecule has 0 unspecified atom stereocenters. The molecule has 3 aliphatic rings. The van der Waals surface area contributed by atoms with Gasteiger partial charge in [-0.1, -0.05) is 62.4 Å². The highest BCUT2D eigenvalue weighted by molar-refractivity contribution is 5.94. The lowest BCUT2D eigenvalue weighted by atomic mass is 9.95. The maximum Gasteiger partial charge on any atom is 0.407 e. The Morgan fingerprint density at radius 2 is 1.37 bits per heavy atom. The number of esters is 3. The van der Waals surface area contributed by atoms with Crippen molar-refractivity contribution < 1.29 is 66.8 Å². The number of fused-ring (bicyclic) bond motifs is 3. The molecule has 0 radical (unpaired) electrons. The van der Waals surface area contributed by atoms with Gasteiger partial charge in [0, 0.05) is 40.2 Å². The minimum Gasteiger partial charge on any atom is -0.463 e. The number of hydrogen-bond acceptors (Lipinski definition) is 14. The molecule has 5 N–H and O–H groups in total. The van der Waals surface area contributed by atoms with Crippen molar-refractivity contribution in [2.75, 3.05) is 19.8 Å². The standard InChI is InChI=1S/C43H55N5O14/c1-21(2)34(47-43(56)58-19-31-29-15-10-8-13-27(29)28-14-9-11-16-30(28)31)40(54)46-35(41(55)48-18-12-17-32(48)39(44)53)22(3)59-42-36(45-23(4)49)38(61-26(7)52)37(60-25(6)51)33(62-42)20-57-24(5)50/h8-11,13-16,21-22,31-38,42H,12,17-20H2,1-7H3,(H2,44,53)(H,45,49)(H,46,54)(H,47,56)/t22-,32+,33-,34+,35+,36-,37+,38-,42+/m1/s1. The number of benzene rings is 2. The van der Waals surface area contributed by atoms with E-state index in [2.05, 4.69) is 16.0 Å². The number of rotatable bonds is 16. The summed E-state index contributed by atoms with van der Waals surface area (Å²) in [5.74, 6) is -6.12. The SMILES string of the molecule is CC(=O)N[C@H]1[C@@H](O[C@H](C)[C@H](NC(=O)[C@@H](NC(=O)OCC2c3ccccc3-c3ccccc32)C(C)C)C(=O)N2CCC[C@H]2C(N)=O)O[C@H](COC(C)=O)[C@H](OC(C)=O)[C@@H]1OC(C)=O. The highest BCUT2D eigenvalue weighted by Crippen LogP contribution is 2.44. The molecule has 19 heteroatoms. The van der Waals surface area contributed by atoms with Crippen LogP contribution >= 0.6 is 0 Å². The van der Waals surface area contributed by atoms with Crippen molar-refractivity contribution in [3.63, 3.8) is 0 Å². The molecule has 0 bridgehead atoms. The first kappa shape index (κ1) is 47.0. The number of likely N-dealkylation sites (tertiary alicyclic amines) is 1. The second-order valence-corrected chi connectivity index (χ2v) is 15.8. The molecule has 5 amide bonds. The first-order chi connectivity index (χ1) is 29.4. The van der Waals surface area contributed by atoms with Crippen molar-refractivity contribution >= 4 is 47.6 Å². The summed E-state index contributed by atoms with van der Waals surface area (Å²) >= 11 is 0. The molecule has 2 aromatic carbocycles. The summed E-state index contributed by atoms with van der Waals surface area (Å²) in [6, 6.07) is 10.4. The summed E-state index contributed by atoms with van der Waals surface area (Å²) in [7, 11) is 0. The van der Waals surface area contributed by atoms with Crippen LogP contribution in [0.1, 0.15) is 78.4 Å². The number of carbonyl (C=O) groups is 8. The maximum atomic E-state index is 14.4. The Morgan fingerprint density at radius 1 is 0.774 bits per heavy atom. The van der Waals surface area contributed by atoms with E-state index in [1.165, 1.54) is 11.8 Å². The Hall–Kier alpha value is -6.08. The molecule has 2 saturated heterocycles. The molecule has 2 fully saturated rings. The number of nitrogens with zero attached hydrogens (tertiary/aromatic N) is 1. The van der Waals surface area contributed by atoms with E-state index >= 15 is 0 Å². The van der Waals surface area contributed by atoms with E-state index in [1.807, 2.05) is 48.5 Å². The van der Waals surface area contributed by atoms with Crippen LogP contribution in [0.5, 0.6) is 0 Å². The number of primary amides is 1. The highest BCUT2D eigenvalue weighted by atomic mass is 16.7. The van der Waals surface area contributed by atoms with Gasteiger partial charge < -0.3 is 55.0 Å². The van der Waals surface area contributed by atoms with Crippen LogP contribution in [-0.2, 0) is 62.0 Å². The second kappa shape index (κ2) is 20.7. The van der Waals surface area contributed by atoms with Crippen LogP contribution in [0.4, 0.5) is 4.79 Å². The molecule has 2 heterocycles. The molecule has 1 aliphatic carbocycles. The molecule has 62 heavy (non-hydrogen) atoms. The van der Waals surface area contributed by atoms with Crippen LogP contribution < -0.4 is 21.7 Å². The molecule has 0 aromatic heterocycles. The zero-order valence-corrected chi connectivity index (χ0v) is 35.7. The van der Waals surface area contributed by atoms with E-state index in [9.17, 15) is 38.4 Å². The fourth-order valence-corrected chi connectivity index (χ4v) is 8.13. The zero-order chi connectivity index (χ0) is 45.4. The van der Waals surface area contributed by atoms with E-state index in [0.29, 0.717) is 6.42 Å². The number of amides is 5. The molecular weight excluding hydrogens is 810 g/mol. The van der Waals surface area contributed by atoms with Crippen molar-refractivity contribution in [1.29, 1.82) is 0 Å². The van der Waals surface area contributed by atoms with Crippen molar-refractivity contribution in [2.24, 2.45) is 11.7 Å². The lowest BCUT2D eigenvalue weighted by molar-refractivity contribution is -0.287. The number of nitrogens with two attached hydrogens (primary N) is 1. The van der Waals surface area contributed by atoms with Gasteiger partial charge in [0.2, 0.25) is 23.6 Å². The zero-order valence-electron chi connectivity index (χ0n) is 35.7. The second-order valence-electron chi connectivity index (χ2n) is 15.8. The Morgan fingerprint density at radius 3 is 1.92 bits per heavy atom. The van der Waals surface area contributed by atoms with Crippen molar-refractivity contribution in [3.05, 3.63) is 59.7 Å². The molecule has 9 atom stereocenters. The minimum atomic E-state index is -1.61. The normalized spacial score (nSPS) is 23.1. The quantitative estimate of drug-likeness (QED) is 0.138. The van der Waals surface area contributed by atoms with Gasteiger partial charge in [0.15, 0.2) is 18.5 Å². The van der Waals surface area contributed by atoms with E-state index < -0.39 is 115 Å². The van der Waals surface area contributed by atoms with Gasteiger partial charge in [-0.05, 0) is 47.9 Å². The predicted octanol–water partition coefficient (Wildman–Crippen LogP) is 1.57. The first-order valence-corrected chi connectivity index (χ1v) is 20.4. The van der Waals surface area contributed by atoms with Crippen LogP contribution in [0, 0.1) is 5.92 Å². The third-order valence-corrected chi connectivity index (χ3v) is 10.9. The Balaban J connectivity index is 1.41. The van der Waals surface area contributed by atoms with Gasteiger partial charge in [0.25, 0.3) is 0 Å². The Kier molecular flexibility index (Phi) is 15.7. The van der Waals surface area contributed by atoms with Crippen LogP contribution in [0.25, 0.3) is 11.1 Å². The van der Waals surface area contributed by atoms with Crippen molar-refractivity contribution in [3.8, 4) is 11.1 Å². The van der Waals surface area contributed by atoms with E-state index in [0.717, 1.165) is 49.9 Å². The van der Waals surface area contributed by atoms with Gasteiger partial charge in [0.05, 0.1) is 6.10 Å². The molecule has 0 saturated carbocycles. The lowest BCUT2D eigenvalue weighted by Crippen LogP contribution is -2.68. The van der Waals surface area contributed by atoms with Crippen LogP contribution in [0.15, 0.2) is 48.5 Å². The highest BCUT2D eigenvalue weighted by Gasteiger charge is 2.53. The summed E-state index contributed by atoms with van der Waals surface area (Å²) < 4.78 is 34.4. The predicted molar refractivity (Wildman–Crippen MR) is 217 cm³/mol. The topological polar surface area (TPSA) is 257 Å². The van der Waals surface area contributed by atoms with E-state index in [1.54, 1.807) is 13.8 Å². The van der Waals surface area contributed by atoms with Crippen LogP contribution in [-0.4, -0.2) is 127 Å². The summed E-state index contributed by atoms with van der Waals surface area (Å²) in [4.78, 5) is 105. The van der Waals surface area contributed by atoms with Crippen LogP contribution in [0.3, 0.4) is 0 Å². The van der Waals surface area contributed by atoms with Gasteiger partial charge in [-0.25, -0.2) is 4.79 Å². The average Bonchev–Trinajstić information content (AvgIpc) is 3.82. The summed E-state index contributed by atoms with van der Waals surface area (Å²) in [6.45, 7) is 8.83. The van der Waals surface area contributed by atoms with Crippen molar-refractivity contribution in [2.45, 2.75) is 122 Å². The third kappa shape index (κ3) is 11.2. The fourth-order valence-electron chi connectivity index (χ4n) is 8.13. The number of alkyl carbamates (subject to hydrolysis) is 1. The van der Waals surface area contributed by atoms with Gasteiger partial charge in [0.1, 0.15) is 43.5 Å². The maximum absolute atomic E-state index is 14.4. The van der Waals surface area contributed by atoms with Crippen molar-refractivity contribution in [1.82, 2.24) is 20.9 Å². The summed E-state index contributed by atoms with van der Waals surface area (Å²) in [5, 5.41) is 7.92. The first-order valence-electron chi connectivity index (χ1n) is 20.4. The van der Waals surface area contributed by atoms with Gasteiger partial charge in [-0.3, -0.25) is 33.6 Å².